The first-order chi connectivity index (χ1) is 8.54. The highest BCUT2D eigenvalue weighted by Gasteiger charge is 2.17. The van der Waals surface area contributed by atoms with Crippen LogP contribution in [0.3, 0.4) is 0 Å². The van der Waals surface area contributed by atoms with Crippen LogP contribution in [-0.4, -0.2) is 35.1 Å². The van der Waals surface area contributed by atoms with Gasteiger partial charge in [0.25, 0.3) is 0 Å². The SMILES string of the molecule is C=CCN(CC(=O)O)C(=O)NC(C)c1ccsc1. The number of hydrogen-bond acceptors (Lipinski definition) is 3. The van der Waals surface area contributed by atoms with E-state index < -0.39 is 12.0 Å². The number of amides is 2. The molecule has 0 saturated carbocycles. The lowest BCUT2D eigenvalue weighted by Crippen LogP contribution is -2.43. The molecule has 1 atom stereocenters. The Hall–Kier alpha value is -1.82. The van der Waals surface area contributed by atoms with Crippen LogP contribution in [0.2, 0.25) is 0 Å². The van der Waals surface area contributed by atoms with Gasteiger partial charge in [-0.05, 0) is 29.3 Å². The van der Waals surface area contributed by atoms with Crippen molar-refractivity contribution in [3.8, 4) is 0 Å². The van der Waals surface area contributed by atoms with Crippen LogP contribution < -0.4 is 5.32 Å². The summed E-state index contributed by atoms with van der Waals surface area (Å²) in [6.45, 7) is 5.22. The molecule has 18 heavy (non-hydrogen) atoms. The first kappa shape index (κ1) is 14.2. The van der Waals surface area contributed by atoms with Gasteiger partial charge in [-0.1, -0.05) is 6.08 Å². The van der Waals surface area contributed by atoms with Gasteiger partial charge in [-0.15, -0.1) is 6.58 Å². The smallest absolute Gasteiger partial charge is 0.323 e. The Balaban J connectivity index is 2.60. The third kappa shape index (κ3) is 4.21. The van der Waals surface area contributed by atoms with E-state index in [2.05, 4.69) is 11.9 Å². The standard InChI is InChI=1S/C12H16N2O3S/c1-3-5-14(7-11(15)16)12(17)13-9(2)10-4-6-18-8-10/h3-4,6,8-9H,1,5,7H2,2H3,(H,13,17)(H,15,16). The second kappa shape index (κ2) is 6.80. The lowest BCUT2D eigenvalue weighted by atomic mass is 10.2. The molecule has 2 amide bonds. The first-order valence-electron chi connectivity index (χ1n) is 5.44. The lowest BCUT2D eigenvalue weighted by molar-refractivity contribution is -0.137. The van der Waals surface area contributed by atoms with E-state index in [4.69, 9.17) is 5.11 Å². The van der Waals surface area contributed by atoms with Gasteiger partial charge in [0.05, 0.1) is 6.04 Å². The molecule has 0 radical (unpaired) electrons. The Morgan fingerprint density at radius 3 is 2.89 bits per heavy atom. The van der Waals surface area contributed by atoms with Crippen LogP contribution >= 0.6 is 11.3 Å². The fourth-order valence-corrected chi connectivity index (χ4v) is 2.17. The number of aliphatic carboxylic acids is 1. The summed E-state index contributed by atoms with van der Waals surface area (Å²) in [6.07, 6.45) is 1.50. The number of nitrogens with zero attached hydrogens (tertiary/aromatic N) is 1. The fraction of sp³-hybridized carbons (Fsp3) is 0.333. The molecule has 0 spiro atoms. The van der Waals surface area contributed by atoms with Crippen molar-refractivity contribution in [3.63, 3.8) is 0 Å². The van der Waals surface area contributed by atoms with Crippen LogP contribution in [0.25, 0.3) is 0 Å². The van der Waals surface area contributed by atoms with E-state index in [9.17, 15) is 9.59 Å². The average molecular weight is 268 g/mol. The van der Waals surface area contributed by atoms with E-state index >= 15 is 0 Å². The van der Waals surface area contributed by atoms with E-state index in [1.54, 1.807) is 11.3 Å². The van der Waals surface area contributed by atoms with Gasteiger partial charge in [0, 0.05) is 6.54 Å². The molecule has 0 aliphatic carbocycles. The molecule has 2 N–H and O–H groups in total. The van der Waals surface area contributed by atoms with Gasteiger partial charge in [-0.2, -0.15) is 11.3 Å². The summed E-state index contributed by atoms with van der Waals surface area (Å²) in [5.74, 6) is -1.05. The zero-order chi connectivity index (χ0) is 13.5. The lowest BCUT2D eigenvalue weighted by Gasteiger charge is -2.22. The van der Waals surface area contributed by atoms with Crippen molar-refractivity contribution in [1.82, 2.24) is 10.2 Å². The van der Waals surface area contributed by atoms with Gasteiger partial charge in [0.2, 0.25) is 0 Å². The normalized spacial score (nSPS) is 11.6. The number of carbonyl (C=O) groups is 2. The summed E-state index contributed by atoms with van der Waals surface area (Å²) in [6, 6.07) is 1.37. The predicted molar refractivity (Wildman–Crippen MR) is 70.7 cm³/mol. The monoisotopic (exact) mass is 268 g/mol. The largest absolute Gasteiger partial charge is 0.480 e. The van der Waals surface area contributed by atoms with Crippen LogP contribution in [0.4, 0.5) is 4.79 Å². The maximum atomic E-state index is 11.9. The van der Waals surface area contributed by atoms with Crippen molar-refractivity contribution in [2.75, 3.05) is 13.1 Å². The highest BCUT2D eigenvalue weighted by molar-refractivity contribution is 7.07. The van der Waals surface area contributed by atoms with Gasteiger partial charge < -0.3 is 15.3 Å². The fourth-order valence-electron chi connectivity index (χ4n) is 1.42. The van der Waals surface area contributed by atoms with E-state index in [0.29, 0.717) is 0 Å². The topological polar surface area (TPSA) is 69.6 Å². The maximum absolute atomic E-state index is 11.9. The average Bonchev–Trinajstić information content (AvgIpc) is 2.81. The molecule has 1 rings (SSSR count). The molecule has 1 aromatic heterocycles. The van der Waals surface area contributed by atoms with E-state index in [1.165, 1.54) is 11.0 Å². The Bertz CT molecular complexity index is 417. The highest BCUT2D eigenvalue weighted by atomic mass is 32.1. The number of hydrogen-bond donors (Lipinski definition) is 2. The van der Waals surface area contributed by atoms with Crippen LogP contribution in [0.15, 0.2) is 29.5 Å². The van der Waals surface area contributed by atoms with Gasteiger partial charge in [-0.3, -0.25) is 4.79 Å². The molecule has 0 bridgehead atoms. The predicted octanol–water partition coefficient (Wildman–Crippen LogP) is 2.09. The molecular weight excluding hydrogens is 252 g/mol. The molecule has 0 aliphatic rings. The zero-order valence-corrected chi connectivity index (χ0v) is 10.9. The van der Waals surface area contributed by atoms with Crippen LogP contribution in [0, 0.1) is 0 Å². The number of urea groups is 1. The first-order valence-corrected chi connectivity index (χ1v) is 6.39. The number of carboxylic acids is 1. The minimum absolute atomic E-state index is 0.148. The van der Waals surface area contributed by atoms with Gasteiger partial charge >= 0.3 is 12.0 Å². The molecule has 1 aromatic rings. The molecule has 1 heterocycles. The molecular formula is C12H16N2O3S. The quantitative estimate of drug-likeness (QED) is 0.776. The van der Waals surface area contributed by atoms with Crippen LogP contribution in [0.5, 0.6) is 0 Å². The summed E-state index contributed by atoms with van der Waals surface area (Å²) < 4.78 is 0. The van der Waals surface area contributed by atoms with Crippen molar-refractivity contribution < 1.29 is 14.7 Å². The van der Waals surface area contributed by atoms with Gasteiger partial charge in [0.15, 0.2) is 0 Å². The number of carboxylic acid groups (broad SMARTS) is 1. The maximum Gasteiger partial charge on any atom is 0.323 e. The molecule has 0 saturated heterocycles. The Labute approximate surface area is 110 Å². The summed E-state index contributed by atoms with van der Waals surface area (Å²) >= 11 is 1.55. The highest BCUT2D eigenvalue weighted by Crippen LogP contribution is 2.15. The van der Waals surface area contributed by atoms with Crippen molar-refractivity contribution in [1.29, 1.82) is 0 Å². The third-order valence-electron chi connectivity index (χ3n) is 2.35. The van der Waals surface area contributed by atoms with Gasteiger partial charge in [0.1, 0.15) is 6.54 Å². The number of nitrogens with one attached hydrogen (secondary N) is 1. The van der Waals surface area contributed by atoms with Crippen molar-refractivity contribution in [3.05, 3.63) is 35.0 Å². The van der Waals surface area contributed by atoms with Crippen LogP contribution in [-0.2, 0) is 4.79 Å². The zero-order valence-electron chi connectivity index (χ0n) is 10.1. The second-order valence-electron chi connectivity index (χ2n) is 3.79. The van der Waals surface area contributed by atoms with E-state index in [0.717, 1.165) is 5.56 Å². The Morgan fingerprint density at radius 1 is 1.67 bits per heavy atom. The summed E-state index contributed by atoms with van der Waals surface area (Å²) in [5, 5.41) is 15.4. The Morgan fingerprint density at radius 2 is 2.39 bits per heavy atom. The van der Waals surface area contributed by atoms with E-state index in [1.807, 2.05) is 23.8 Å². The third-order valence-corrected chi connectivity index (χ3v) is 3.05. The number of carbonyl (C=O) groups excluding carboxylic acids is 1. The molecule has 5 nitrogen and oxygen atoms in total. The van der Waals surface area contributed by atoms with Crippen molar-refractivity contribution in [2.45, 2.75) is 13.0 Å². The molecule has 0 fully saturated rings. The molecule has 6 heteroatoms. The Kier molecular flexibility index (Phi) is 5.38. The van der Waals surface area contributed by atoms with Gasteiger partial charge in [-0.25, -0.2) is 4.79 Å². The van der Waals surface area contributed by atoms with Crippen LogP contribution in [0.1, 0.15) is 18.5 Å². The summed E-state index contributed by atoms with van der Waals surface area (Å²) in [5.41, 5.74) is 1.00. The summed E-state index contributed by atoms with van der Waals surface area (Å²) in [4.78, 5) is 23.7. The van der Waals surface area contributed by atoms with Crippen molar-refractivity contribution >= 4 is 23.3 Å². The summed E-state index contributed by atoms with van der Waals surface area (Å²) in [7, 11) is 0. The molecule has 1 unspecified atom stereocenters. The minimum Gasteiger partial charge on any atom is -0.480 e. The second-order valence-corrected chi connectivity index (χ2v) is 4.57. The van der Waals surface area contributed by atoms with E-state index in [-0.39, 0.29) is 19.1 Å². The number of thiophene rings is 1. The molecule has 0 aromatic carbocycles. The van der Waals surface area contributed by atoms with Crippen molar-refractivity contribution in [2.24, 2.45) is 0 Å². The molecule has 0 aliphatic heterocycles. The molecule has 98 valence electrons. The minimum atomic E-state index is -1.05. The number of rotatable bonds is 6.